The van der Waals surface area contributed by atoms with E-state index in [4.69, 9.17) is 0 Å². The lowest BCUT2D eigenvalue weighted by molar-refractivity contribution is 0.611. The van der Waals surface area contributed by atoms with Crippen LogP contribution < -0.4 is 4.90 Å². The molecule has 0 radical (unpaired) electrons. The topological polar surface area (TPSA) is 29.0 Å². The van der Waals surface area contributed by atoms with Gasteiger partial charge in [-0.3, -0.25) is 0 Å². The van der Waals surface area contributed by atoms with E-state index in [1.165, 1.54) is 25.7 Å². The van der Waals surface area contributed by atoms with Crippen LogP contribution in [0.1, 0.15) is 32.6 Å². The van der Waals surface area contributed by atoms with Gasteiger partial charge in [0.15, 0.2) is 0 Å². The molecule has 0 amide bonds. The average Bonchev–Trinajstić information content (AvgIpc) is 2.75. The lowest BCUT2D eigenvalue weighted by Crippen LogP contribution is -2.34. The van der Waals surface area contributed by atoms with E-state index in [0.29, 0.717) is 6.04 Å². The highest BCUT2D eigenvalue weighted by atomic mass is 127. The van der Waals surface area contributed by atoms with Gasteiger partial charge in [-0.1, -0.05) is 12.8 Å². The molecule has 1 heterocycles. The average molecular weight is 317 g/mol. The van der Waals surface area contributed by atoms with E-state index in [2.05, 4.69) is 44.4 Å². The van der Waals surface area contributed by atoms with Gasteiger partial charge in [-0.25, -0.2) is 9.97 Å². The van der Waals surface area contributed by atoms with Crippen LogP contribution in [0.15, 0.2) is 12.5 Å². The van der Waals surface area contributed by atoms with Gasteiger partial charge >= 0.3 is 0 Å². The standard InChI is InChI=1S/C11H16IN3/c1-2-15(9-5-3-4-6-9)11-10(12)7-13-8-14-11/h7-9H,2-6H2,1H3. The molecule has 1 aliphatic rings. The molecule has 0 aromatic carbocycles. The zero-order chi connectivity index (χ0) is 10.7. The molecule has 82 valence electrons. The molecule has 1 saturated carbocycles. The van der Waals surface area contributed by atoms with Crippen molar-refractivity contribution in [3.8, 4) is 0 Å². The molecule has 3 nitrogen and oxygen atoms in total. The molecule has 0 atom stereocenters. The Morgan fingerprint density at radius 3 is 2.80 bits per heavy atom. The minimum Gasteiger partial charge on any atom is -0.353 e. The molecule has 1 aliphatic carbocycles. The fourth-order valence-corrected chi connectivity index (χ4v) is 2.92. The first kappa shape index (κ1) is 11.1. The molecular weight excluding hydrogens is 301 g/mol. The monoisotopic (exact) mass is 317 g/mol. The van der Waals surface area contributed by atoms with Crippen LogP contribution in [-0.4, -0.2) is 22.6 Å². The van der Waals surface area contributed by atoms with Crippen molar-refractivity contribution in [1.82, 2.24) is 9.97 Å². The van der Waals surface area contributed by atoms with Gasteiger partial charge in [-0.05, 0) is 42.4 Å². The molecule has 0 saturated heterocycles. The third kappa shape index (κ3) is 2.41. The van der Waals surface area contributed by atoms with Crippen LogP contribution in [0, 0.1) is 3.57 Å². The van der Waals surface area contributed by atoms with Crippen molar-refractivity contribution in [2.75, 3.05) is 11.4 Å². The molecule has 0 unspecified atom stereocenters. The van der Waals surface area contributed by atoms with Crippen LogP contribution in [0.5, 0.6) is 0 Å². The van der Waals surface area contributed by atoms with E-state index in [9.17, 15) is 0 Å². The molecule has 0 spiro atoms. The summed E-state index contributed by atoms with van der Waals surface area (Å²) in [5.41, 5.74) is 0. The van der Waals surface area contributed by atoms with Crippen LogP contribution in [-0.2, 0) is 0 Å². The summed E-state index contributed by atoms with van der Waals surface area (Å²) >= 11 is 2.32. The number of rotatable bonds is 3. The third-order valence-electron chi connectivity index (χ3n) is 3.03. The minimum atomic E-state index is 0.693. The molecule has 15 heavy (non-hydrogen) atoms. The van der Waals surface area contributed by atoms with E-state index in [0.717, 1.165) is 15.9 Å². The van der Waals surface area contributed by atoms with E-state index in [1.54, 1.807) is 6.33 Å². The molecule has 1 aromatic heterocycles. The van der Waals surface area contributed by atoms with Gasteiger partial charge in [0.05, 0.1) is 3.57 Å². The second kappa shape index (κ2) is 5.09. The highest BCUT2D eigenvalue weighted by molar-refractivity contribution is 14.1. The Kier molecular flexibility index (Phi) is 3.77. The summed E-state index contributed by atoms with van der Waals surface area (Å²) in [5, 5.41) is 0. The van der Waals surface area contributed by atoms with Crippen LogP contribution in [0.25, 0.3) is 0 Å². The van der Waals surface area contributed by atoms with Crippen molar-refractivity contribution in [2.24, 2.45) is 0 Å². The first-order chi connectivity index (χ1) is 7.33. The fourth-order valence-electron chi connectivity index (χ4n) is 2.31. The number of anilines is 1. The maximum absolute atomic E-state index is 4.40. The number of halogens is 1. The van der Waals surface area contributed by atoms with Gasteiger partial charge in [-0.2, -0.15) is 0 Å². The van der Waals surface area contributed by atoms with Crippen LogP contribution >= 0.6 is 22.6 Å². The second-order valence-corrected chi connectivity index (χ2v) is 5.08. The molecular formula is C11H16IN3. The summed E-state index contributed by atoms with van der Waals surface area (Å²) in [6.45, 7) is 3.24. The van der Waals surface area contributed by atoms with Crippen LogP contribution in [0.4, 0.5) is 5.82 Å². The summed E-state index contributed by atoms with van der Waals surface area (Å²) in [4.78, 5) is 10.9. The largest absolute Gasteiger partial charge is 0.353 e. The van der Waals surface area contributed by atoms with Gasteiger partial charge in [0.25, 0.3) is 0 Å². The SMILES string of the molecule is CCN(c1ncncc1I)C1CCCC1. The van der Waals surface area contributed by atoms with E-state index in [-0.39, 0.29) is 0 Å². The maximum Gasteiger partial charge on any atom is 0.145 e. The van der Waals surface area contributed by atoms with Gasteiger partial charge in [0.1, 0.15) is 12.1 Å². The molecule has 0 bridgehead atoms. The van der Waals surface area contributed by atoms with E-state index in [1.807, 2.05) is 6.20 Å². The summed E-state index contributed by atoms with van der Waals surface area (Å²) < 4.78 is 1.16. The zero-order valence-corrected chi connectivity index (χ0v) is 11.1. The highest BCUT2D eigenvalue weighted by Gasteiger charge is 2.23. The molecule has 4 heteroatoms. The van der Waals surface area contributed by atoms with Crippen molar-refractivity contribution in [3.05, 3.63) is 16.1 Å². The van der Waals surface area contributed by atoms with Crippen molar-refractivity contribution in [2.45, 2.75) is 38.6 Å². The van der Waals surface area contributed by atoms with Crippen molar-refractivity contribution < 1.29 is 0 Å². The Balaban J connectivity index is 2.22. The Morgan fingerprint density at radius 1 is 1.47 bits per heavy atom. The predicted octanol–water partition coefficient (Wildman–Crippen LogP) is 2.85. The Bertz CT molecular complexity index is 323. The van der Waals surface area contributed by atoms with Gasteiger partial charge in [0.2, 0.25) is 0 Å². The smallest absolute Gasteiger partial charge is 0.145 e. The minimum absolute atomic E-state index is 0.693. The van der Waals surface area contributed by atoms with Crippen molar-refractivity contribution in [3.63, 3.8) is 0 Å². The van der Waals surface area contributed by atoms with Crippen molar-refractivity contribution >= 4 is 28.4 Å². The predicted molar refractivity (Wildman–Crippen MR) is 70.0 cm³/mol. The lowest BCUT2D eigenvalue weighted by Gasteiger charge is -2.29. The molecule has 0 N–H and O–H groups in total. The van der Waals surface area contributed by atoms with Crippen LogP contribution in [0.3, 0.4) is 0 Å². The number of nitrogens with zero attached hydrogens (tertiary/aromatic N) is 3. The van der Waals surface area contributed by atoms with Crippen molar-refractivity contribution in [1.29, 1.82) is 0 Å². The van der Waals surface area contributed by atoms with E-state index < -0.39 is 0 Å². The fraction of sp³-hybridized carbons (Fsp3) is 0.636. The zero-order valence-electron chi connectivity index (χ0n) is 8.99. The Labute approximate surface area is 104 Å². The molecule has 1 aromatic rings. The third-order valence-corrected chi connectivity index (χ3v) is 3.79. The Morgan fingerprint density at radius 2 is 2.20 bits per heavy atom. The summed E-state index contributed by atoms with van der Waals surface area (Å²) in [7, 11) is 0. The van der Waals surface area contributed by atoms with E-state index >= 15 is 0 Å². The summed E-state index contributed by atoms with van der Waals surface area (Å²) in [6, 6.07) is 0.693. The van der Waals surface area contributed by atoms with Crippen LogP contribution in [0.2, 0.25) is 0 Å². The lowest BCUT2D eigenvalue weighted by atomic mass is 10.2. The summed E-state index contributed by atoms with van der Waals surface area (Å²) in [6.07, 6.45) is 8.89. The first-order valence-electron chi connectivity index (χ1n) is 5.55. The maximum atomic E-state index is 4.40. The number of aromatic nitrogens is 2. The van der Waals surface area contributed by atoms with Gasteiger partial charge in [0, 0.05) is 18.8 Å². The molecule has 2 rings (SSSR count). The Hall–Kier alpha value is -0.390. The number of hydrogen-bond donors (Lipinski definition) is 0. The second-order valence-electron chi connectivity index (χ2n) is 3.92. The normalized spacial score (nSPS) is 16.9. The molecule has 1 fully saturated rings. The quantitative estimate of drug-likeness (QED) is 0.803. The summed E-state index contributed by atoms with van der Waals surface area (Å²) in [5.74, 6) is 1.11. The van der Waals surface area contributed by atoms with Gasteiger partial charge in [-0.15, -0.1) is 0 Å². The molecule has 0 aliphatic heterocycles. The highest BCUT2D eigenvalue weighted by Crippen LogP contribution is 2.28. The van der Waals surface area contributed by atoms with Gasteiger partial charge < -0.3 is 4.90 Å². The first-order valence-corrected chi connectivity index (χ1v) is 6.63. The number of hydrogen-bond acceptors (Lipinski definition) is 3.